The Morgan fingerprint density at radius 3 is 2.47 bits per heavy atom. The van der Waals surface area contributed by atoms with Gasteiger partial charge in [-0.05, 0) is 32.8 Å². The molecule has 0 aliphatic rings. The minimum atomic E-state index is 0.150. The Morgan fingerprint density at radius 2 is 1.95 bits per heavy atom. The van der Waals surface area contributed by atoms with Crippen molar-refractivity contribution >= 4 is 11.8 Å². The number of hydrogen-bond acceptors (Lipinski definition) is 3. The van der Waals surface area contributed by atoms with Crippen molar-refractivity contribution < 1.29 is 0 Å². The van der Waals surface area contributed by atoms with Crippen LogP contribution >= 0.6 is 11.8 Å². The van der Waals surface area contributed by atoms with E-state index >= 15 is 0 Å². The van der Waals surface area contributed by atoms with Gasteiger partial charge in [0.15, 0.2) is 0 Å². The second kappa shape index (κ2) is 7.93. The first kappa shape index (κ1) is 16.5. The fourth-order valence-electron chi connectivity index (χ4n) is 2.55. The van der Waals surface area contributed by atoms with E-state index in [9.17, 15) is 0 Å². The van der Waals surface area contributed by atoms with Crippen LogP contribution in [-0.4, -0.2) is 50.1 Å². The van der Waals surface area contributed by atoms with E-state index in [1.807, 2.05) is 18.8 Å². The molecule has 0 saturated heterocycles. The van der Waals surface area contributed by atoms with Crippen LogP contribution in [0.15, 0.2) is 30.3 Å². The highest BCUT2D eigenvalue weighted by atomic mass is 32.2. The number of nitrogens with one attached hydrogen (secondary N) is 1. The lowest BCUT2D eigenvalue weighted by molar-refractivity contribution is 0.214. The fraction of sp³-hybridized carbons (Fsp3) is 0.625. The van der Waals surface area contributed by atoms with Crippen molar-refractivity contribution in [3.05, 3.63) is 35.9 Å². The fourth-order valence-corrected chi connectivity index (χ4v) is 3.29. The van der Waals surface area contributed by atoms with Crippen LogP contribution in [-0.2, 0) is 5.41 Å². The molecule has 1 rings (SSSR count). The first-order chi connectivity index (χ1) is 9.03. The predicted octanol–water partition coefficient (Wildman–Crippen LogP) is 2.85. The van der Waals surface area contributed by atoms with Crippen LogP contribution in [0.1, 0.15) is 19.4 Å². The summed E-state index contributed by atoms with van der Waals surface area (Å²) in [6.45, 7) is 6.72. The van der Waals surface area contributed by atoms with Gasteiger partial charge < -0.3 is 10.2 Å². The molecule has 3 heteroatoms. The molecule has 0 spiro atoms. The molecular weight excluding hydrogens is 252 g/mol. The largest absolute Gasteiger partial charge is 0.319 e. The Hall–Kier alpha value is -0.510. The van der Waals surface area contributed by atoms with Gasteiger partial charge in [-0.3, -0.25) is 0 Å². The summed E-state index contributed by atoms with van der Waals surface area (Å²) < 4.78 is 0. The highest BCUT2D eigenvalue weighted by molar-refractivity contribution is 7.98. The zero-order valence-electron chi connectivity index (χ0n) is 12.9. The molecule has 2 atom stereocenters. The summed E-state index contributed by atoms with van der Waals surface area (Å²) in [5, 5.41) is 3.35. The van der Waals surface area contributed by atoms with Crippen LogP contribution in [0.5, 0.6) is 0 Å². The molecule has 1 N–H and O–H groups in total. The van der Waals surface area contributed by atoms with Gasteiger partial charge in [-0.1, -0.05) is 37.3 Å². The molecule has 0 bridgehead atoms. The molecule has 0 amide bonds. The van der Waals surface area contributed by atoms with Gasteiger partial charge >= 0.3 is 0 Å². The highest BCUT2D eigenvalue weighted by Crippen LogP contribution is 2.25. The van der Waals surface area contributed by atoms with Gasteiger partial charge in [0.25, 0.3) is 0 Å². The van der Waals surface area contributed by atoms with Gasteiger partial charge in [-0.25, -0.2) is 0 Å². The topological polar surface area (TPSA) is 15.3 Å². The third kappa shape index (κ3) is 4.83. The third-order valence-corrected chi connectivity index (χ3v) is 4.61. The van der Waals surface area contributed by atoms with Crippen LogP contribution in [0.4, 0.5) is 0 Å². The SMILES string of the molecule is CNCC(C)(CN(C)C(C)CSC)c1ccccc1. The Balaban J connectivity index is 2.82. The molecule has 0 fully saturated rings. The predicted molar refractivity (Wildman–Crippen MR) is 88.2 cm³/mol. The van der Waals surface area contributed by atoms with E-state index in [4.69, 9.17) is 0 Å². The van der Waals surface area contributed by atoms with Gasteiger partial charge in [0, 0.05) is 30.3 Å². The van der Waals surface area contributed by atoms with Crippen molar-refractivity contribution in [3.63, 3.8) is 0 Å². The zero-order chi connectivity index (χ0) is 14.3. The maximum atomic E-state index is 3.35. The lowest BCUT2D eigenvalue weighted by Gasteiger charge is -2.37. The van der Waals surface area contributed by atoms with Crippen molar-refractivity contribution in [1.29, 1.82) is 0 Å². The number of likely N-dealkylation sites (N-methyl/N-ethyl adjacent to an activating group) is 2. The van der Waals surface area contributed by atoms with E-state index in [0.29, 0.717) is 6.04 Å². The van der Waals surface area contributed by atoms with Gasteiger partial charge in [0.05, 0.1) is 0 Å². The molecule has 2 unspecified atom stereocenters. The summed E-state index contributed by atoms with van der Waals surface area (Å²) in [6, 6.07) is 11.4. The lowest BCUT2D eigenvalue weighted by atomic mass is 9.81. The van der Waals surface area contributed by atoms with E-state index < -0.39 is 0 Å². The van der Waals surface area contributed by atoms with Crippen LogP contribution in [0, 0.1) is 0 Å². The standard InChI is InChI=1S/C16H28N2S/c1-14(11-19-5)18(4)13-16(2,12-17-3)15-9-7-6-8-10-15/h6-10,14,17H,11-13H2,1-5H3. The summed E-state index contributed by atoms with van der Waals surface area (Å²) in [4.78, 5) is 2.47. The normalized spacial score (nSPS) is 16.3. The Kier molecular flexibility index (Phi) is 6.90. The molecule has 19 heavy (non-hydrogen) atoms. The smallest absolute Gasteiger partial charge is 0.0176 e. The molecule has 0 aromatic heterocycles. The van der Waals surface area contributed by atoms with Crippen molar-refractivity contribution in [3.8, 4) is 0 Å². The van der Waals surface area contributed by atoms with E-state index in [1.165, 1.54) is 11.3 Å². The summed E-state index contributed by atoms with van der Waals surface area (Å²) in [6.07, 6.45) is 2.17. The number of nitrogens with zero attached hydrogens (tertiary/aromatic N) is 1. The average Bonchev–Trinajstić information content (AvgIpc) is 2.40. The molecule has 0 radical (unpaired) electrons. The van der Waals surface area contributed by atoms with Crippen molar-refractivity contribution in [2.45, 2.75) is 25.3 Å². The van der Waals surface area contributed by atoms with Crippen LogP contribution in [0.3, 0.4) is 0 Å². The summed E-state index contributed by atoms with van der Waals surface area (Å²) in [5.74, 6) is 1.18. The minimum Gasteiger partial charge on any atom is -0.319 e. The van der Waals surface area contributed by atoms with E-state index in [2.05, 4.69) is 67.7 Å². The van der Waals surface area contributed by atoms with Crippen LogP contribution in [0.25, 0.3) is 0 Å². The highest BCUT2D eigenvalue weighted by Gasteiger charge is 2.28. The lowest BCUT2D eigenvalue weighted by Crippen LogP contribution is -2.46. The van der Waals surface area contributed by atoms with Crippen molar-refractivity contribution in [2.24, 2.45) is 0 Å². The Bertz CT molecular complexity index is 355. The van der Waals surface area contributed by atoms with Crippen LogP contribution < -0.4 is 5.32 Å². The molecule has 0 saturated carbocycles. The second-order valence-electron chi connectivity index (χ2n) is 5.68. The van der Waals surface area contributed by atoms with Gasteiger partial charge in [0.1, 0.15) is 0 Å². The zero-order valence-corrected chi connectivity index (χ0v) is 13.8. The summed E-state index contributed by atoms with van der Waals surface area (Å²) in [7, 11) is 4.27. The molecule has 1 aromatic carbocycles. The first-order valence-corrected chi connectivity index (χ1v) is 8.32. The van der Waals surface area contributed by atoms with Gasteiger partial charge in [-0.2, -0.15) is 11.8 Å². The molecule has 2 nitrogen and oxygen atoms in total. The molecule has 0 aliphatic heterocycles. The number of rotatable bonds is 8. The number of hydrogen-bond donors (Lipinski definition) is 1. The van der Waals surface area contributed by atoms with Crippen molar-refractivity contribution in [2.75, 3.05) is 39.2 Å². The summed E-state index contributed by atoms with van der Waals surface area (Å²) in [5.41, 5.74) is 1.56. The second-order valence-corrected chi connectivity index (χ2v) is 6.59. The molecule has 0 heterocycles. The Labute approximate surface area is 123 Å². The van der Waals surface area contributed by atoms with E-state index in [0.717, 1.165) is 13.1 Å². The van der Waals surface area contributed by atoms with E-state index in [-0.39, 0.29) is 5.41 Å². The monoisotopic (exact) mass is 280 g/mol. The molecule has 0 aliphatic carbocycles. The van der Waals surface area contributed by atoms with Crippen LogP contribution in [0.2, 0.25) is 0 Å². The maximum absolute atomic E-state index is 3.35. The quantitative estimate of drug-likeness (QED) is 0.788. The summed E-state index contributed by atoms with van der Waals surface area (Å²) >= 11 is 1.92. The number of thioether (sulfide) groups is 1. The third-order valence-electron chi connectivity index (χ3n) is 3.80. The molecule has 108 valence electrons. The Morgan fingerprint density at radius 1 is 1.32 bits per heavy atom. The van der Waals surface area contributed by atoms with Crippen molar-refractivity contribution in [1.82, 2.24) is 10.2 Å². The molecular formula is C16H28N2S. The first-order valence-electron chi connectivity index (χ1n) is 6.93. The average molecular weight is 280 g/mol. The number of benzene rings is 1. The van der Waals surface area contributed by atoms with E-state index in [1.54, 1.807) is 0 Å². The molecule has 1 aromatic rings. The van der Waals surface area contributed by atoms with Gasteiger partial charge in [-0.15, -0.1) is 0 Å². The maximum Gasteiger partial charge on any atom is 0.0176 e. The minimum absolute atomic E-state index is 0.150. The van der Waals surface area contributed by atoms with Gasteiger partial charge in [0.2, 0.25) is 0 Å².